The van der Waals surface area contributed by atoms with Crippen molar-refractivity contribution in [3.8, 4) is 0 Å². The second-order valence-corrected chi connectivity index (χ2v) is 3.93. The number of hydrogen-bond acceptors (Lipinski definition) is 5. The maximum absolute atomic E-state index is 11.7. The summed E-state index contributed by atoms with van der Waals surface area (Å²) in [4.78, 5) is 28.0. The average molecular weight is 214 g/mol. The Bertz CT molecular complexity index is 306. The lowest BCUT2D eigenvalue weighted by Gasteiger charge is -2.25. The number of methoxy groups -OCH3 is 1. The van der Waals surface area contributed by atoms with Gasteiger partial charge < -0.3 is 10.5 Å². The van der Waals surface area contributed by atoms with Gasteiger partial charge in [-0.1, -0.05) is 0 Å². The molecule has 84 valence electrons. The fourth-order valence-electron chi connectivity index (χ4n) is 2.34. The van der Waals surface area contributed by atoms with Crippen molar-refractivity contribution in [1.29, 1.82) is 0 Å². The monoisotopic (exact) mass is 214 g/mol. The van der Waals surface area contributed by atoms with Crippen LogP contribution in [-0.4, -0.2) is 42.2 Å². The van der Waals surface area contributed by atoms with Crippen LogP contribution in [0.15, 0.2) is 0 Å². The molecule has 2 fully saturated rings. The van der Waals surface area contributed by atoms with Gasteiger partial charge in [-0.15, -0.1) is 0 Å². The molecule has 0 saturated carbocycles. The van der Waals surface area contributed by atoms with E-state index < -0.39 is 17.6 Å². The molecule has 0 aromatic heterocycles. The second kappa shape index (κ2) is 3.46. The van der Waals surface area contributed by atoms with Crippen LogP contribution in [0.25, 0.3) is 0 Å². The number of nitrogens with zero attached hydrogens (tertiary/aromatic N) is 1. The van der Waals surface area contributed by atoms with Crippen molar-refractivity contribution in [3.63, 3.8) is 0 Å². The van der Waals surface area contributed by atoms with Crippen molar-refractivity contribution in [2.75, 3.05) is 13.7 Å². The van der Waals surface area contributed by atoms with Gasteiger partial charge in [0.05, 0.1) is 7.11 Å². The molecule has 0 aliphatic carbocycles. The number of ether oxygens (including phenoxy) is 1. The van der Waals surface area contributed by atoms with Crippen LogP contribution in [0.1, 0.15) is 19.3 Å². The molecule has 0 aromatic rings. The minimum atomic E-state index is -0.783. The number of carbonyl (C=O) groups excluding carboxylic acids is 2. The largest absolute Gasteiger partial charge is 0.468 e. The maximum atomic E-state index is 11.7. The highest BCUT2D eigenvalue weighted by Crippen LogP contribution is 2.41. The predicted molar refractivity (Wildman–Crippen MR) is 49.4 cm³/mol. The van der Waals surface area contributed by atoms with E-state index in [1.165, 1.54) is 7.11 Å². The molecule has 0 radical (unpaired) electrons. The summed E-state index contributed by atoms with van der Waals surface area (Å²) in [5, 5.41) is 1.55. The smallest absolute Gasteiger partial charge is 0.328 e. The second-order valence-electron chi connectivity index (χ2n) is 3.93. The summed E-state index contributed by atoms with van der Waals surface area (Å²) < 4.78 is 4.75. The molecule has 2 heterocycles. The fourth-order valence-corrected chi connectivity index (χ4v) is 2.34. The first-order chi connectivity index (χ1) is 7.10. The third-order valence-electron chi connectivity index (χ3n) is 3.09. The molecule has 0 aromatic carbocycles. The van der Waals surface area contributed by atoms with E-state index in [1.807, 2.05) is 0 Å². The van der Waals surface area contributed by atoms with Crippen molar-refractivity contribution < 1.29 is 19.2 Å². The Balaban J connectivity index is 2.22. The van der Waals surface area contributed by atoms with E-state index in [-0.39, 0.29) is 5.97 Å². The zero-order valence-electron chi connectivity index (χ0n) is 8.56. The van der Waals surface area contributed by atoms with Crippen molar-refractivity contribution in [2.45, 2.75) is 30.9 Å². The standard InChI is InChI=1S/C9H14N2O4/c1-14-8(13)9-3-2-4-11(9)15-6(5-9)7(10)12/h6H,2-5H2,1H3,(H2,10,12)/t6-,9-/m0/s1. The summed E-state index contributed by atoms with van der Waals surface area (Å²) in [5.41, 5.74) is 4.38. The summed E-state index contributed by atoms with van der Waals surface area (Å²) in [7, 11) is 1.34. The van der Waals surface area contributed by atoms with E-state index in [0.29, 0.717) is 19.4 Å². The average Bonchev–Trinajstić information content (AvgIpc) is 2.72. The lowest BCUT2D eigenvalue weighted by Crippen LogP contribution is -2.46. The van der Waals surface area contributed by atoms with Crippen LogP contribution in [-0.2, 0) is 19.2 Å². The van der Waals surface area contributed by atoms with Crippen LogP contribution >= 0.6 is 0 Å². The molecular weight excluding hydrogens is 200 g/mol. The summed E-state index contributed by atoms with van der Waals surface area (Å²) in [5.74, 6) is -0.878. The first-order valence-electron chi connectivity index (χ1n) is 4.92. The van der Waals surface area contributed by atoms with E-state index in [4.69, 9.17) is 15.3 Å². The minimum Gasteiger partial charge on any atom is -0.468 e. The first-order valence-corrected chi connectivity index (χ1v) is 4.92. The van der Waals surface area contributed by atoms with Crippen LogP contribution in [0.4, 0.5) is 0 Å². The highest BCUT2D eigenvalue weighted by atomic mass is 16.7. The normalized spacial score (nSPS) is 35.1. The van der Waals surface area contributed by atoms with E-state index >= 15 is 0 Å². The summed E-state index contributed by atoms with van der Waals surface area (Å²) in [6, 6.07) is 0. The van der Waals surface area contributed by atoms with Crippen molar-refractivity contribution in [1.82, 2.24) is 5.06 Å². The zero-order valence-corrected chi connectivity index (χ0v) is 8.56. The van der Waals surface area contributed by atoms with E-state index in [1.54, 1.807) is 5.06 Å². The molecule has 2 N–H and O–H groups in total. The third-order valence-corrected chi connectivity index (χ3v) is 3.09. The molecule has 6 nitrogen and oxygen atoms in total. The van der Waals surface area contributed by atoms with Crippen molar-refractivity contribution >= 4 is 11.9 Å². The number of rotatable bonds is 2. The van der Waals surface area contributed by atoms with Crippen molar-refractivity contribution in [2.24, 2.45) is 5.73 Å². The number of amides is 1. The van der Waals surface area contributed by atoms with Gasteiger partial charge in [0.25, 0.3) is 0 Å². The van der Waals surface area contributed by atoms with E-state index in [2.05, 4.69) is 0 Å². The fraction of sp³-hybridized carbons (Fsp3) is 0.778. The number of hydroxylamine groups is 2. The Morgan fingerprint density at radius 3 is 2.93 bits per heavy atom. The molecular formula is C9H14N2O4. The number of hydrogen-bond donors (Lipinski definition) is 1. The molecule has 6 heteroatoms. The number of esters is 1. The molecule has 0 unspecified atom stereocenters. The van der Waals surface area contributed by atoms with E-state index in [0.717, 1.165) is 6.42 Å². The first kappa shape index (κ1) is 10.4. The molecule has 1 amide bonds. The van der Waals surface area contributed by atoms with Crippen molar-refractivity contribution in [3.05, 3.63) is 0 Å². The van der Waals surface area contributed by atoms with Gasteiger partial charge in [0.15, 0.2) is 6.10 Å². The van der Waals surface area contributed by atoms with Gasteiger partial charge in [-0.25, -0.2) is 4.79 Å². The molecule has 0 bridgehead atoms. The van der Waals surface area contributed by atoms with Gasteiger partial charge in [0.2, 0.25) is 5.91 Å². The van der Waals surface area contributed by atoms with Gasteiger partial charge in [-0.3, -0.25) is 9.63 Å². The lowest BCUT2D eigenvalue weighted by atomic mass is 9.91. The van der Waals surface area contributed by atoms with Crippen LogP contribution in [0.3, 0.4) is 0 Å². The van der Waals surface area contributed by atoms with Gasteiger partial charge in [0, 0.05) is 13.0 Å². The zero-order chi connectivity index (χ0) is 11.1. The minimum absolute atomic E-state index is 0.301. The van der Waals surface area contributed by atoms with Crippen LogP contribution in [0, 0.1) is 0 Å². The number of fused-ring (bicyclic) bond motifs is 1. The molecule has 2 rings (SSSR count). The van der Waals surface area contributed by atoms with Gasteiger partial charge >= 0.3 is 5.97 Å². The Morgan fingerprint density at radius 2 is 2.33 bits per heavy atom. The summed E-state index contributed by atoms with van der Waals surface area (Å²) >= 11 is 0. The van der Waals surface area contributed by atoms with E-state index in [9.17, 15) is 9.59 Å². The molecule has 0 spiro atoms. The van der Waals surface area contributed by atoms with Gasteiger partial charge in [-0.05, 0) is 12.8 Å². The van der Waals surface area contributed by atoms with Crippen LogP contribution in [0.2, 0.25) is 0 Å². The highest BCUT2D eigenvalue weighted by molar-refractivity contribution is 5.85. The number of nitrogens with two attached hydrogens (primary N) is 1. The molecule has 2 atom stereocenters. The molecule has 2 aliphatic heterocycles. The summed E-state index contributed by atoms with van der Waals surface area (Å²) in [6.45, 7) is 0.638. The van der Waals surface area contributed by atoms with Crippen LogP contribution in [0.5, 0.6) is 0 Å². The quantitative estimate of drug-likeness (QED) is 0.607. The Labute approximate surface area is 87.3 Å². The maximum Gasteiger partial charge on any atom is 0.328 e. The SMILES string of the molecule is COC(=O)[C@@]12CCCN1O[C@H](C(N)=O)C2. The predicted octanol–water partition coefficient (Wildman–Crippen LogP) is -0.817. The number of primary amides is 1. The molecule has 2 aliphatic rings. The molecule has 2 saturated heterocycles. The Morgan fingerprint density at radius 1 is 1.60 bits per heavy atom. The van der Waals surface area contributed by atoms with Gasteiger partial charge in [-0.2, -0.15) is 5.06 Å². The van der Waals surface area contributed by atoms with Gasteiger partial charge in [0.1, 0.15) is 5.54 Å². The third kappa shape index (κ3) is 1.40. The lowest BCUT2D eigenvalue weighted by molar-refractivity contribution is -0.191. The molecule has 15 heavy (non-hydrogen) atoms. The summed E-state index contributed by atoms with van der Waals surface area (Å²) in [6.07, 6.45) is 1.11. The van der Waals surface area contributed by atoms with Crippen LogP contribution < -0.4 is 5.73 Å². The number of carbonyl (C=O) groups is 2. The Kier molecular flexibility index (Phi) is 2.40. The Hall–Kier alpha value is -1.14. The highest BCUT2D eigenvalue weighted by Gasteiger charge is 2.57. The topological polar surface area (TPSA) is 81.9 Å².